The summed E-state index contributed by atoms with van der Waals surface area (Å²) in [4.78, 5) is 10.8. The van der Waals surface area contributed by atoms with Gasteiger partial charge in [0.1, 0.15) is 5.76 Å². The summed E-state index contributed by atoms with van der Waals surface area (Å²) < 4.78 is 6.00. The average Bonchev–Trinajstić information content (AvgIpc) is 2.83. The van der Waals surface area contributed by atoms with E-state index in [0.717, 1.165) is 4.47 Å². The Morgan fingerprint density at radius 1 is 1.35 bits per heavy atom. The molecule has 2 rings (SSSR count). The molecule has 2 N–H and O–H groups in total. The topological polar surface area (TPSA) is 62.5 Å². The molecule has 0 aliphatic heterocycles. The van der Waals surface area contributed by atoms with Gasteiger partial charge >= 0.3 is 5.97 Å². The highest BCUT2D eigenvalue weighted by Crippen LogP contribution is 2.36. The van der Waals surface area contributed by atoms with Crippen molar-refractivity contribution >= 4 is 50.8 Å². The van der Waals surface area contributed by atoms with Crippen molar-refractivity contribution in [2.45, 2.75) is 13.0 Å². The van der Waals surface area contributed by atoms with Gasteiger partial charge in [0.2, 0.25) is 5.76 Å². The predicted octanol–water partition coefficient (Wildman–Crippen LogP) is 5.22. The Balaban J connectivity index is 2.23. The predicted molar refractivity (Wildman–Crippen MR) is 81.9 cm³/mol. The van der Waals surface area contributed by atoms with Gasteiger partial charge in [0.05, 0.1) is 21.8 Å². The van der Waals surface area contributed by atoms with E-state index in [1.165, 1.54) is 6.07 Å². The number of anilines is 1. The van der Waals surface area contributed by atoms with Crippen LogP contribution in [-0.4, -0.2) is 11.1 Å². The third-order valence-corrected chi connectivity index (χ3v) is 3.69. The Bertz CT molecular complexity index is 634. The molecule has 0 aliphatic rings. The minimum atomic E-state index is -1.11. The zero-order chi connectivity index (χ0) is 14.9. The van der Waals surface area contributed by atoms with Gasteiger partial charge in [0, 0.05) is 4.47 Å². The molecular weight excluding hydrogens is 369 g/mol. The molecule has 0 saturated carbocycles. The zero-order valence-electron chi connectivity index (χ0n) is 10.3. The second-order valence-corrected chi connectivity index (χ2v) is 5.85. The second-order valence-electron chi connectivity index (χ2n) is 4.12. The molecule has 1 atom stereocenters. The summed E-state index contributed by atoms with van der Waals surface area (Å²) in [6, 6.07) is 6.16. The van der Waals surface area contributed by atoms with Crippen LogP contribution in [0, 0.1) is 0 Å². The monoisotopic (exact) mass is 377 g/mol. The Morgan fingerprint density at radius 3 is 2.45 bits per heavy atom. The number of carboxylic acids is 1. The van der Waals surface area contributed by atoms with Crippen LogP contribution in [0.1, 0.15) is 29.3 Å². The fourth-order valence-electron chi connectivity index (χ4n) is 1.67. The summed E-state index contributed by atoms with van der Waals surface area (Å²) >= 11 is 15.5. The standard InChI is InChI=1S/C13H10BrCl2NO3/c1-6(10-2-3-11(20-10)13(18)19)17-12-8(15)4-7(14)5-9(12)16/h2-6,17H,1H3,(H,18,19). The van der Waals surface area contributed by atoms with E-state index in [1.54, 1.807) is 18.2 Å². The van der Waals surface area contributed by atoms with E-state index in [0.29, 0.717) is 21.5 Å². The van der Waals surface area contributed by atoms with E-state index < -0.39 is 5.97 Å². The molecule has 1 aromatic carbocycles. The molecule has 0 saturated heterocycles. The highest BCUT2D eigenvalue weighted by molar-refractivity contribution is 9.10. The zero-order valence-corrected chi connectivity index (χ0v) is 13.4. The summed E-state index contributed by atoms with van der Waals surface area (Å²) in [6.07, 6.45) is 0. The first kappa shape index (κ1) is 15.2. The van der Waals surface area contributed by atoms with Crippen LogP contribution in [0.4, 0.5) is 5.69 Å². The van der Waals surface area contributed by atoms with Crippen molar-refractivity contribution in [3.8, 4) is 0 Å². The number of benzene rings is 1. The van der Waals surface area contributed by atoms with Gasteiger partial charge in [-0.15, -0.1) is 0 Å². The SMILES string of the molecule is CC(Nc1c(Cl)cc(Br)cc1Cl)c1ccc(C(=O)O)o1. The van der Waals surface area contributed by atoms with Crippen molar-refractivity contribution in [2.24, 2.45) is 0 Å². The smallest absolute Gasteiger partial charge is 0.371 e. The number of rotatable bonds is 4. The lowest BCUT2D eigenvalue weighted by atomic mass is 10.2. The van der Waals surface area contributed by atoms with Gasteiger partial charge in [-0.25, -0.2) is 4.79 Å². The third-order valence-electron chi connectivity index (χ3n) is 2.63. The fourth-order valence-corrected chi connectivity index (χ4v) is 2.99. The van der Waals surface area contributed by atoms with Crippen LogP contribution in [-0.2, 0) is 0 Å². The maximum atomic E-state index is 10.8. The quantitative estimate of drug-likeness (QED) is 0.765. The Morgan fingerprint density at radius 2 is 1.95 bits per heavy atom. The molecule has 4 nitrogen and oxygen atoms in total. The molecule has 0 fully saturated rings. The van der Waals surface area contributed by atoms with Gasteiger partial charge in [-0.2, -0.15) is 0 Å². The lowest BCUT2D eigenvalue weighted by molar-refractivity contribution is 0.0660. The number of aromatic carboxylic acids is 1. The molecule has 0 aliphatic carbocycles. The first-order valence-electron chi connectivity index (χ1n) is 5.62. The number of carbonyl (C=O) groups is 1. The van der Waals surface area contributed by atoms with Crippen LogP contribution in [0.5, 0.6) is 0 Å². The van der Waals surface area contributed by atoms with Crippen molar-refractivity contribution < 1.29 is 14.3 Å². The second kappa shape index (κ2) is 6.08. The van der Waals surface area contributed by atoms with Gasteiger partial charge in [-0.05, 0) is 31.2 Å². The van der Waals surface area contributed by atoms with Gasteiger partial charge in [-0.1, -0.05) is 39.1 Å². The van der Waals surface area contributed by atoms with E-state index in [2.05, 4.69) is 21.2 Å². The van der Waals surface area contributed by atoms with E-state index in [9.17, 15) is 4.79 Å². The van der Waals surface area contributed by atoms with Gasteiger partial charge in [0.15, 0.2) is 0 Å². The van der Waals surface area contributed by atoms with Crippen molar-refractivity contribution in [3.63, 3.8) is 0 Å². The maximum absolute atomic E-state index is 10.8. The van der Waals surface area contributed by atoms with Crippen LogP contribution in [0.25, 0.3) is 0 Å². The first-order valence-corrected chi connectivity index (χ1v) is 7.17. The number of furan rings is 1. The molecular formula is C13H10BrCl2NO3. The minimum Gasteiger partial charge on any atom is -0.475 e. The largest absolute Gasteiger partial charge is 0.475 e. The Labute approximate surface area is 133 Å². The maximum Gasteiger partial charge on any atom is 0.371 e. The molecule has 0 radical (unpaired) electrons. The van der Waals surface area contributed by atoms with Crippen molar-refractivity contribution in [1.82, 2.24) is 0 Å². The molecule has 0 bridgehead atoms. The number of halogens is 3. The van der Waals surface area contributed by atoms with Crippen molar-refractivity contribution in [2.75, 3.05) is 5.32 Å². The third kappa shape index (κ3) is 3.29. The summed E-state index contributed by atoms with van der Waals surface area (Å²) in [5.74, 6) is -0.734. The van der Waals surface area contributed by atoms with E-state index in [-0.39, 0.29) is 11.8 Å². The van der Waals surface area contributed by atoms with E-state index >= 15 is 0 Å². The molecule has 1 aromatic heterocycles. The van der Waals surface area contributed by atoms with Crippen LogP contribution in [0.3, 0.4) is 0 Å². The summed E-state index contributed by atoms with van der Waals surface area (Å²) in [5, 5.41) is 12.8. The molecule has 1 heterocycles. The van der Waals surface area contributed by atoms with Gasteiger partial charge < -0.3 is 14.8 Å². The summed E-state index contributed by atoms with van der Waals surface area (Å²) in [6.45, 7) is 1.82. The molecule has 0 spiro atoms. The summed E-state index contributed by atoms with van der Waals surface area (Å²) in [5.41, 5.74) is 0.567. The van der Waals surface area contributed by atoms with Crippen LogP contribution in [0.15, 0.2) is 33.2 Å². The highest BCUT2D eigenvalue weighted by atomic mass is 79.9. The van der Waals surface area contributed by atoms with Crippen LogP contribution >= 0.6 is 39.1 Å². The number of hydrogen-bond acceptors (Lipinski definition) is 3. The van der Waals surface area contributed by atoms with Crippen LogP contribution in [0.2, 0.25) is 10.0 Å². The van der Waals surface area contributed by atoms with E-state index in [1.807, 2.05) is 6.92 Å². The van der Waals surface area contributed by atoms with Crippen LogP contribution < -0.4 is 5.32 Å². The van der Waals surface area contributed by atoms with E-state index in [4.69, 9.17) is 32.7 Å². The average molecular weight is 379 g/mol. The van der Waals surface area contributed by atoms with Gasteiger partial charge in [0.25, 0.3) is 0 Å². The molecule has 106 valence electrons. The first-order chi connectivity index (χ1) is 9.38. The fraction of sp³-hybridized carbons (Fsp3) is 0.154. The minimum absolute atomic E-state index is 0.110. The normalized spacial score (nSPS) is 12.2. The lowest BCUT2D eigenvalue weighted by Crippen LogP contribution is -2.06. The molecule has 0 amide bonds. The Hall–Kier alpha value is -1.17. The van der Waals surface area contributed by atoms with Gasteiger partial charge in [-0.3, -0.25) is 0 Å². The van der Waals surface area contributed by atoms with Crippen molar-refractivity contribution in [3.05, 3.63) is 50.3 Å². The molecule has 20 heavy (non-hydrogen) atoms. The molecule has 2 aromatic rings. The lowest BCUT2D eigenvalue weighted by Gasteiger charge is -2.16. The van der Waals surface area contributed by atoms with Crippen molar-refractivity contribution in [1.29, 1.82) is 0 Å². The number of hydrogen-bond donors (Lipinski definition) is 2. The summed E-state index contributed by atoms with van der Waals surface area (Å²) in [7, 11) is 0. The molecule has 7 heteroatoms. The number of carboxylic acid groups (broad SMARTS) is 1. The molecule has 1 unspecified atom stereocenters. The highest BCUT2D eigenvalue weighted by Gasteiger charge is 2.16. The Kier molecular flexibility index (Phi) is 4.62. The number of nitrogens with one attached hydrogen (secondary N) is 1.